The molecule has 3 N–H and O–H groups in total. The van der Waals surface area contributed by atoms with E-state index in [1.165, 1.54) is 12.1 Å². The molecule has 10 nitrogen and oxygen atoms in total. The molecule has 6 rings (SSSR count). The van der Waals surface area contributed by atoms with Gasteiger partial charge in [0.2, 0.25) is 11.9 Å². The first kappa shape index (κ1) is 29.1. The number of ether oxygens (including phenoxy) is 2. The van der Waals surface area contributed by atoms with E-state index in [9.17, 15) is 4.79 Å². The van der Waals surface area contributed by atoms with Crippen molar-refractivity contribution in [3.8, 4) is 11.3 Å². The van der Waals surface area contributed by atoms with E-state index in [2.05, 4.69) is 39.6 Å². The van der Waals surface area contributed by atoms with E-state index >= 15 is 4.39 Å². The van der Waals surface area contributed by atoms with Crippen molar-refractivity contribution in [2.45, 2.75) is 0 Å². The topological polar surface area (TPSA) is 104 Å². The van der Waals surface area contributed by atoms with E-state index in [1.54, 1.807) is 18.2 Å². The molecule has 2 saturated heterocycles. The third-order valence-corrected chi connectivity index (χ3v) is 7.39. The van der Waals surface area contributed by atoms with E-state index < -0.39 is 0 Å². The maximum Gasteiger partial charge on any atom is 0.247 e. The van der Waals surface area contributed by atoms with E-state index in [4.69, 9.17) is 19.4 Å². The van der Waals surface area contributed by atoms with Gasteiger partial charge >= 0.3 is 0 Å². The molecule has 0 spiro atoms. The molecule has 44 heavy (non-hydrogen) atoms. The van der Waals surface area contributed by atoms with Crippen LogP contribution in [-0.2, 0) is 14.3 Å². The second-order valence-electron chi connectivity index (χ2n) is 10.4. The van der Waals surface area contributed by atoms with Crippen molar-refractivity contribution in [2.24, 2.45) is 0 Å². The van der Waals surface area contributed by atoms with Gasteiger partial charge in [-0.1, -0.05) is 24.8 Å². The number of hydrogen-bond acceptors (Lipinski definition) is 9. The Kier molecular flexibility index (Phi) is 8.95. The van der Waals surface area contributed by atoms with Crippen LogP contribution in [0, 0.1) is 5.82 Å². The van der Waals surface area contributed by atoms with Crippen LogP contribution in [0.15, 0.2) is 85.5 Å². The summed E-state index contributed by atoms with van der Waals surface area (Å²) in [6.07, 6.45) is 1.22. The van der Waals surface area contributed by atoms with Crippen molar-refractivity contribution in [3.05, 3.63) is 91.3 Å². The summed E-state index contributed by atoms with van der Waals surface area (Å²) >= 11 is 0. The Labute approximate surface area is 255 Å². The minimum Gasteiger partial charge on any atom is -0.378 e. The number of amides is 1. The van der Waals surface area contributed by atoms with Crippen LogP contribution >= 0.6 is 0 Å². The molecule has 226 valence electrons. The SMILES string of the molecule is C=CC(=O)Nc1cccc(-c2cc(Nc3ccc(N4CCOCC4)c(F)c3)nc(Nc3cccc(N4CCOCC4)c3)n2)c1. The van der Waals surface area contributed by atoms with Crippen LogP contribution in [0.5, 0.6) is 0 Å². The average molecular weight is 596 g/mol. The van der Waals surface area contributed by atoms with E-state index in [1.807, 2.05) is 41.3 Å². The van der Waals surface area contributed by atoms with Gasteiger partial charge in [-0.15, -0.1) is 0 Å². The molecule has 2 fully saturated rings. The van der Waals surface area contributed by atoms with Crippen LogP contribution < -0.4 is 25.8 Å². The molecule has 0 radical (unpaired) electrons. The monoisotopic (exact) mass is 595 g/mol. The van der Waals surface area contributed by atoms with Crippen LogP contribution in [0.3, 0.4) is 0 Å². The highest BCUT2D eigenvalue weighted by molar-refractivity contribution is 5.99. The highest BCUT2D eigenvalue weighted by Gasteiger charge is 2.17. The van der Waals surface area contributed by atoms with Crippen molar-refractivity contribution < 1.29 is 18.7 Å². The number of halogens is 1. The molecule has 2 aliphatic heterocycles. The molecule has 3 aromatic carbocycles. The zero-order valence-corrected chi connectivity index (χ0v) is 24.3. The zero-order valence-electron chi connectivity index (χ0n) is 24.3. The Morgan fingerprint density at radius 3 is 2.25 bits per heavy atom. The van der Waals surface area contributed by atoms with Gasteiger partial charge in [0, 0.05) is 60.6 Å². The number of hydrogen-bond donors (Lipinski definition) is 3. The second-order valence-corrected chi connectivity index (χ2v) is 10.4. The molecule has 0 aliphatic carbocycles. The third-order valence-electron chi connectivity index (χ3n) is 7.39. The van der Waals surface area contributed by atoms with Gasteiger partial charge in [-0.2, -0.15) is 4.98 Å². The van der Waals surface area contributed by atoms with Crippen LogP contribution in [0.1, 0.15) is 0 Å². The number of benzene rings is 3. The minimum atomic E-state index is -0.324. The number of carbonyl (C=O) groups excluding carboxylic acids is 1. The molecular formula is C33H34FN7O3. The Bertz CT molecular complexity index is 1640. The highest BCUT2D eigenvalue weighted by Crippen LogP contribution is 2.30. The number of nitrogens with zero attached hydrogens (tertiary/aromatic N) is 4. The molecule has 3 heterocycles. The van der Waals surface area contributed by atoms with Crippen molar-refractivity contribution in [2.75, 3.05) is 78.4 Å². The summed E-state index contributed by atoms with van der Waals surface area (Å²) in [6, 6.07) is 22.3. The molecule has 4 aromatic rings. The Hall–Kier alpha value is -5.00. The predicted molar refractivity (Wildman–Crippen MR) is 172 cm³/mol. The normalized spacial score (nSPS) is 15.0. The van der Waals surface area contributed by atoms with Crippen molar-refractivity contribution in [1.82, 2.24) is 9.97 Å². The van der Waals surface area contributed by atoms with Gasteiger partial charge in [0.1, 0.15) is 11.6 Å². The summed E-state index contributed by atoms with van der Waals surface area (Å²) in [7, 11) is 0. The zero-order chi connectivity index (χ0) is 30.3. The summed E-state index contributed by atoms with van der Waals surface area (Å²) in [4.78, 5) is 25.7. The van der Waals surface area contributed by atoms with Gasteiger partial charge in [0.05, 0.1) is 37.8 Å². The van der Waals surface area contributed by atoms with Crippen LogP contribution in [-0.4, -0.2) is 68.5 Å². The van der Waals surface area contributed by atoms with Gasteiger partial charge in [-0.25, -0.2) is 9.37 Å². The first-order valence-electron chi connectivity index (χ1n) is 14.6. The molecule has 11 heteroatoms. The standard InChI is InChI=1S/C33H34FN7O3/c1-2-32(42)36-24-6-3-5-23(19-24)29-22-31(35-26-9-10-30(28(34)21-26)41-13-17-44-18-14-41)39-33(38-29)37-25-7-4-8-27(20-25)40-11-15-43-16-12-40/h2-10,19-22H,1,11-18H2,(H,36,42)(H2,35,37,38,39). The molecule has 0 unspecified atom stereocenters. The van der Waals surface area contributed by atoms with Crippen LogP contribution in [0.4, 0.5) is 44.6 Å². The number of anilines is 7. The largest absolute Gasteiger partial charge is 0.378 e. The van der Waals surface area contributed by atoms with Crippen molar-refractivity contribution >= 4 is 46.1 Å². The molecular weight excluding hydrogens is 561 g/mol. The predicted octanol–water partition coefficient (Wildman–Crippen LogP) is 5.57. The third kappa shape index (κ3) is 7.13. The number of aromatic nitrogens is 2. The van der Waals surface area contributed by atoms with E-state index in [0.717, 1.165) is 30.0 Å². The summed E-state index contributed by atoms with van der Waals surface area (Å²) < 4.78 is 26.1. The molecule has 1 aromatic heterocycles. The van der Waals surface area contributed by atoms with Gasteiger partial charge in [0.15, 0.2) is 0 Å². The first-order valence-corrected chi connectivity index (χ1v) is 14.6. The fourth-order valence-corrected chi connectivity index (χ4v) is 5.19. The van der Waals surface area contributed by atoms with Crippen molar-refractivity contribution in [1.29, 1.82) is 0 Å². The lowest BCUT2D eigenvalue weighted by Crippen LogP contribution is -2.36. The Balaban J connectivity index is 1.31. The fraction of sp³-hybridized carbons (Fsp3) is 0.242. The van der Waals surface area contributed by atoms with Crippen LogP contribution in [0.2, 0.25) is 0 Å². The number of nitrogens with one attached hydrogen (secondary N) is 3. The second kappa shape index (κ2) is 13.5. The van der Waals surface area contributed by atoms with Gasteiger partial charge < -0.3 is 35.2 Å². The molecule has 1 amide bonds. The lowest BCUT2D eigenvalue weighted by atomic mass is 10.1. The highest BCUT2D eigenvalue weighted by atomic mass is 19.1. The molecule has 0 atom stereocenters. The Morgan fingerprint density at radius 2 is 1.50 bits per heavy atom. The Morgan fingerprint density at radius 1 is 0.795 bits per heavy atom. The number of carbonyl (C=O) groups is 1. The smallest absolute Gasteiger partial charge is 0.247 e. The summed E-state index contributed by atoms with van der Waals surface area (Å²) in [6.45, 7) is 9.00. The maximum atomic E-state index is 15.2. The van der Waals surface area contributed by atoms with Crippen LogP contribution in [0.25, 0.3) is 11.3 Å². The van der Waals surface area contributed by atoms with E-state index in [-0.39, 0.29) is 11.7 Å². The summed E-state index contributed by atoms with van der Waals surface area (Å²) in [5.41, 5.74) is 4.97. The molecule has 2 aliphatic rings. The van der Waals surface area contributed by atoms with Gasteiger partial charge in [0.25, 0.3) is 0 Å². The van der Waals surface area contributed by atoms with E-state index in [0.29, 0.717) is 74.0 Å². The number of morpholine rings is 2. The summed E-state index contributed by atoms with van der Waals surface area (Å²) in [5.74, 6) is 0.198. The molecule has 0 bridgehead atoms. The quantitative estimate of drug-likeness (QED) is 0.214. The molecule has 0 saturated carbocycles. The minimum absolute atomic E-state index is 0.308. The van der Waals surface area contributed by atoms with Gasteiger partial charge in [-0.3, -0.25) is 4.79 Å². The van der Waals surface area contributed by atoms with Crippen molar-refractivity contribution in [3.63, 3.8) is 0 Å². The lowest BCUT2D eigenvalue weighted by molar-refractivity contribution is -0.111. The summed E-state index contributed by atoms with van der Waals surface area (Å²) in [5, 5.41) is 9.38. The fourth-order valence-electron chi connectivity index (χ4n) is 5.19. The maximum absolute atomic E-state index is 15.2. The average Bonchev–Trinajstić information content (AvgIpc) is 3.06. The number of rotatable bonds is 9. The van der Waals surface area contributed by atoms with Gasteiger partial charge in [-0.05, 0) is 54.6 Å². The lowest BCUT2D eigenvalue weighted by Gasteiger charge is -2.29. The first-order chi connectivity index (χ1) is 21.5.